The minimum atomic E-state index is 0.229. The number of aromatic nitrogens is 2. The molecule has 1 fully saturated rings. The van der Waals surface area contributed by atoms with Gasteiger partial charge < -0.3 is 10.2 Å². The molecule has 0 unspecified atom stereocenters. The van der Waals surface area contributed by atoms with Gasteiger partial charge in [0, 0.05) is 32.3 Å². The van der Waals surface area contributed by atoms with Gasteiger partial charge in [0.1, 0.15) is 12.1 Å². The highest BCUT2D eigenvalue weighted by atomic mass is 79.9. The molecule has 1 N–H and O–H groups in total. The third-order valence-electron chi connectivity index (χ3n) is 3.01. The summed E-state index contributed by atoms with van der Waals surface area (Å²) in [6.07, 6.45) is 7.20. The minimum Gasteiger partial charge on any atom is -0.369 e. The van der Waals surface area contributed by atoms with E-state index >= 15 is 0 Å². The zero-order chi connectivity index (χ0) is 12.8. The predicted octanol–water partition coefficient (Wildman–Crippen LogP) is 2.05. The molecule has 98 valence electrons. The SMILES string of the molecule is O=C(CCNc1ncncc1Br)N1CCCCC1. The second kappa shape index (κ2) is 6.68. The quantitative estimate of drug-likeness (QED) is 0.924. The van der Waals surface area contributed by atoms with Crippen molar-refractivity contribution < 1.29 is 4.79 Å². The van der Waals surface area contributed by atoms with Gasteiger partial charge in [0.25, 0.3) is 0 Å². The maximum atomic E-state index is 11.9. The fourth-order valence-corrected chi connectivity index (χ4v) is 2.39. The average molecular weight is 313 g/mol. The van der Waals surface area contributed by atoms with Crippen LogP contribution in [0.4, 0.5) is 5.82 Å². The Morgan fingerprint density at radius 2 is 2.17 bits per heavy atom. The lowest BCUT2D eigenvalue weighted by molar-refractivity contribution is -0.131. The monoisotopic (exact) mass is 312 g/mol. The summed E-state index contributed by atoms with van der Waals surface area (Å²) in [6.45, 7) is 2.43. The molecule has 0 radical (unpaired) electrons. The van der Waals surface area contributed by atoms with Crippen molar-refractivity contribution in [2.75, 3.05) is 25.0 Å². The van der Waals surface area contributed by atoms with Gasteiger partial charge in [-0.15, -0.1) is 0 Å². The minimum absolute atomic E-state index is 0.229. The largest absolute Gasteiger partial charge is 0.369 e. The van der Waals surface area contributed by atoms with Crippen molar-refractivity contribution in [3.05, 3.63) is 17.0 Å². The van der Waals surface area contributed by atoms with E-state index in [2.05, 4.69) is 31.2 Å². The Kier molecular flexibility index (Phi) is 4.92. The third kappa shape index (κ3) is 3.66. The molecule has 1 aromatic rings. The summed E-state index contributed by atoms with van der Waals surface area (Å²) >= 11 is 3.36. The molecule has 1 aromatic heterocycles. The first-order valence-electron chi connectivity index (χ1n) is 6.24. The summed E-state index contributed by atoms with van der Waals surface area (Å²) in [7, 11) is 0. The van der Waals surface area contributed by atoms with E-state index < -0.39 is 0 Å². The van der Waals surface area contributed by atoms with Gasteiger partial charge in [-0.25, -0.2) is 9.97 Å². The highest BCUT2D eigenvalue weighted by Gasteiger charge is 2.15. The number of nitrogens with zero attached hydrogens (tertiary/aromatic N) is 3. The number of nitrogens with one attached hydrogen (secondary N) is 1. The molecule has 1 aliphatic rings. The van der Waals surface area contributed by atoms with Crippen molar-refractivity contribution >= 4 is 27.7 Å². The van der Waals surface area contributed by atoms with E-state index in [4.69, 9.17) is 0 Å². The van der Waals surface area contributed by atoms with E-state index in [9.17, 15) is 4.79 Å². The smallest absolute Gasteiger partial charge is 0.224 e. The molecule has 18 heavy (non-hydrogen) atoms. The van der Waals surface area contributed by atoms with Crippen LogP contribution in [0.15, 0.2) is 17.0 Å². The summed E-state index contributed by atoms with van der Waals surface area (Å²) in [4.78, 5) is 21.9. The zero-order valence-corrected chi connectivity index (χ0v) is 11.8. The average Bonchev–Trinajstić information content (AvgIpc) is 2.42. The Morgan fingerprint density at radius 1 is 1.39 bits per heavy atom. The maximum Gasteiger partial charge on any atom is 0.224 e. The van der Waals surface area contributed by atoms with Crippen LogP contribution in [0.3, 0.4) is 0 Å². The predicted molar refractivity (Wildman–Crippen MR) is 73.3 cm³/mol. The lowest BCUT2D eigenvalue weighted by Gasteiger charge is -2.26. The number of likely N-dealkylation sites (tertiary alicyclic amines) is 1. The number of anilines is 1. The number of carbonyl (C=O) groups is 1. The first-order chi connectivity index (χ1) is 8.77. The number of piperidine rings is 1. The van der Waals surface area contributed by atoms with Gasteiger partial charge in [-0.05, 0) is 35.2 Å². The van der Waals surface area contributed by atoms with Crippen molar-refractivity contribution in [1.82, 2.24) is 14.9 Å². The molecule has 0 bridgehead atoms. The molecule has 0 aliphatic carbocycles. The molecule has 1 aliphatic heterocycles. The molecule has 2 rings (SSSR count). The van der Waals surface area contributed by atoms with Crippen LogP contribution in [0, 0.1) is 0 Å². The lowest BCUT2D eigenvalue weighted by atomic mass is 10.1. The summed E-state index contributed by atoms with van der Waals surface area (Å²) in [5.74, 6) is 0.962. The Labute approximate surface area is 115 Å². The number of carbonyl (C=O) groups excluding carboxylic acids is 1. The Hall–Kier alpha value is -1.17. The maximum absolute atomic E-state index is 11.9. The number of hydrogen-bond donors (Lipinski definition) is 1. The molecule has 1 amide bonds. The summed E-state index contributed by atoms with van der Waals surface area (Å²) in [5, 5.41) is 3.14. The van der Waals surface area contributed by atoms with Crippen LogP contribution >= 0.6 is 15.9 Å². The van der Waals surface area contributed by atoms with Crippen molar-refractivity contribution in [2.24, 2.45) is 0 Å². The Balaban J connectivity index is 1.75. The number of amides is 1. The van der Waals surface area contributed by atoms with E-state index in [0.29, 0.717) is 13.0 Å². The first-order valence-corrected chi connectivity index (χ1v) is 7.04. The van der Waals surface area contributed by atoms with Crippen molar-refractivity contribution in [2.45, 2.75) is 25.7 Å². The number of rotatable bonds is 4. The van der Waals surface area contributed by atoms with Gasteiger partial charge >= 0.3 is 0 Å². The molecule has 0 aromatic carbocycles. The molecular formula is C12H17BrN4O. The van der Waals surface area contributed by atoms with Crippen molar-refractivity contribution in [1.29, 1.82) is 0 Å². The van der Waals surface area contributed by atoms with Crippen LogP contribution in [-0.2, 0) is 4.79 Å². The van der Waals surface area contributed by atoms with Gasteiger partial charge in [-0.3, -0.25) is 4.79 Å². The second-order valence-corrected chi connectivity index (χ2v) is 5.19. The van der Waals surface area contributed by atoms with Crippen molar-refractivity contribution in [3.63, 3.8) is 0 Å². The van der Waals surface area contributed by atoms with Crippen molar-refractivity contribution in [3.8, 4) is 0 Å². The molecule has 5 nitrogen and oxygen atoms in total. The molecule has 6 heteroatoms. The van der Waals surface area contributed by atoms with E-state index in [1.54, 1.807) is 6.20 Å². The molecule has 2 heterocycles. The number of hydrogen-bond acceptors (Lipinski definition) is 4. The Bertz CT molecular complexity index is 407. The van der Waals surface area contributed by atoms with Crippen LogP contribution in [-0.4, -0.2) is 40.4 Å². The van der Waals surface area contributed by atoms with E-state index in [-0.39, 0.29) is 5.91 Å². The molecule has 0 saturated carbocycles. The normalized spacial score (nSPS) is 15.5. The van der Waals surface area contributed by atoms with E-state index in [1.807, 2.05) is 4.90 Å². The summed E-state index contributed by atoms with van der Waals surface area (Å²) in [6, 6.07) is 0. The van der Waals surface area contributed by atoms with E-state index in [1.165, 1.54) is 12.7 Å². The fourth-order valence-electron chi connectivity index (χ4n) is 2.03. The zero-order valence-electron chi connectivity index (χ0n) is 10.2. The van der Waals surface area contributed by atoms with E-state index in [0.717, 1.165) is 36.2 Å². The highest BCUT2D eigenvalue weighted by Crippen LogP contribution is 2.17. The van der Waals surface area contributed by atoms with Crippen LogP contribution < -0.4 is 5.32 Å². The lowest BCUT2D eigenvalue weighted by Crippen LogP contribution is -2.36. The van der Waals surface area contributed by atoms with Crippen LogP contribution in [0.25, 0.3) is 0 Å². The summed E-state index contributed by atoms with van der Waals surface area (Å²) < 4.78 is 0.815. The molecular weight excluding hydrogens is 296 g/mol. The second-order valence-electron chi connectivity index (χ2n) is 4.34. The van der Waals surface area contributed by atoms with Crippen LogP contribution in [0.2, 0.25) is 0 Å². The third-order valence-corrected chi connectivity index (χ3v) is 3.59. The fraction of sp³-hybridized carbons (Fsp3) is 0.583. The Morgan fingerprint density at radius 3 is 2.89 bits per heavy atom. The first kappa shape index (κ1) is 13.3. The van der Waals surface area contributed by atoms with Gasteiger partial charge in [0.05, 0.1) is 4.47 Å². The van der Waals surface area contributed by atoms with Gasteiger partial charge in [0.15, 0.2) is 0 Å². The van der Waals surface area contributed by atoms with Gasteiger partial charge in [-0.1, -0.05) is 0 Å². The number of halogens is 1. The topological polar surface area (TPSA) is 58.1 Å². The van der Waals surface area contributed by atoms with Gasteiger partial charge in [-0.2, -0.15) is 0 Å². The standard InChI is InChI=1S/C12H17BrN4O/c13-10-8-14-9-16-12(10)15-5-4-11(18)17-6-2-1-3-7-17/h8-9H,1-7H2,(H,14,15,16). The van der Waals surface area contributed by atoms with Crippen LogP contribution in [0.5, 0.6) is 0 Å². The summed E-state index contributed by atoms with van der Waals surface area (Å²) in [5.41, 5.74) is 0. The molecule has 0 atom stereocenters. The molecule has 1 saturated heterocycles. The molecule has 0 spiro atoms. The van der Waals surface area contributed by atoms with Gasteiger partial charge in [0.2, 0.25) is 5.91 Å². The highest BCUT2D eigenvalue weighted by molar-refractivity contribution is 9.10. The van der Waals surface area contributed by atoms with Crippen LogP contribution in [0.1, 0.15) is 25.7 Å².